The van der Waals surface area contributed by atoms with Crippen molar-refractivity contribution in [3.05, 3.63) is 12.2 Å². The molecule has 0 fully saturated rings. The van der Waals surface area contributed by atoms with Gasteiger partial charge in [0.1, 0.15) is 0 Å². The average molecular weight is 258 g/mol. The van der Waals surface area contributed by atoms with Crippen LogP contribution in [0.4, 0.5) is 4.79 Å². The molecule has 0 rings (SSSR count). The van der Waals surface area contributed by atoms with Crippen LogP contribution in [0.2, 0.25) is 0 Å². The standard InChI is InChI=1S/C12H22N2O4/c1-5-14(8-9(2)3)12(17)13-7-10(18-4)6-11(15)16/h10H,2,5-8H2,1,3-4H3,(H,13,17)(H,15,16). The van der Waals surface area contributed by atoms with Gasteiger partial charge in [-0.2, -0.15) is 0 Å². The lowest BCUT2D eigenvalue weighted by Gasteiger charge is -2.23. The highest BCUT2D eigenvalue weighted by Crippen LogP contribution is 1.99. The highest BCUT2D eigenvalue weighted by atomic mass is 16.5. The summed E-state index contributed by atoms with van der Waals surface area (Å²) in [5, 5.41) is 11.3. The summed E-state index contributed by atoms with van der Waals surface area (Å²) in [5.41, 5.74) is 0.890. The fourth-order valence-corrected chi connectivity index (χ4v) is 1.40. The Balaban J connectivity index is 4.20. The van der Waals surface area contributed by atoms with E-state index < -0.39 is 12.1 Å². The number of carbonyl (C=O) groups excluding carboxylic acids is 1. The van der Waals surface area contributed by atoms with Crippen molar-refractivity contribution in [3.63, 3.8) is 0 Å². The van der Waals surface area contributed by atoms with Gasteiger partial charge in [0.25, 0.3) is 0 Å². The number of carbonyl (C=O) groups is 2. The van der Waals surface area contributed by atoms with Crippen LogP contribution < -0.4 is 5.32 Å². The molecule has 0 saturated carbocycles. The molecule has 0 aliphatic rings. The van der Waals surface area contributed by atoms with E-state index in [1.54, 1.807) is 4.90 Å². The van der Waals surface area contributed by atoms with Crippen LogP contribution in [0, 0.1) is 0 Å². The van der Waals surface area contributed by atoms with Crippen LogP contribution >= 0.6 is 0 Å². The van der Waals surface area contributed by atoms with Crippen molar-refractivity contribution >= 4 is 12.0 Å². The second-order valence-corrected chi connectivity index (χ2v) is 4.11. The second-order valence-electron chi connectivity index (χ2n) is 4.11. The molecule has 1 unspecified atom stereocenters. The molecule has 6 heteroatoms. The SMILES string of the molecule is C=C(C)CN(CC)C(=O)NCC(CC(=O)O)OC. The lowest BCUT2D eigenvalue weighted by atomic mass is 10.2. The summed E-state index contributed by atoms with van der Waals surface area (Å²) in [6.07, 6.45) is -0.654. The van der Waals surface area contributed by atoms with E-state index in [1.165, 1.54) is 7.11 Å². The van der Waals surface area contributed by atoms with Crippen LogP contribution in [0.5, 0.6) is 0 Å². The topological polar surface area (TPSA) is 78.9 Å². The molecule has 1 atom stereocenters. The number of hydrogen-bond donors (Lipinski definition) is 2. The smallest absolute Gasteiger partial charge is 0.317 e. The highest BCUT2D eigenvalue weighted by molar-refractivity contribution is 5.74. The summed E-state index contributed by atoms with van der Waals surface area (Å²) in [4.78, 5) is 23.9. The van der Waals surface area contributed by atoms with Crippen molar-refractivity contribution < 1.29 is 19.4 Å². The van der Waals surface area contributed by atoms with E-state index in [0.717, 1.165) is 5.57 Å². The number of hydrogen-bond acceptors (Lipinski definition) is 3. The van der Waals surface area contributed by atoms with Crippen LogP contribution in [0.25, 0.3) is 0 Å². The Morgan fingerprint density at radius 2 is 2.11 bits per heavy atom. The van der Waals surface area contributed by atoms with Gasteiger partial charge in [-0.15, -0.1) is 0 Å². The molecule has 0 saturated heterocycles. The quantitative estimate of drug-likeness (QED) is 0.639. The molecule has 0 aromatic carbocycles. The van der Waals surface area contributed by atoms with Crippen molar-refractivity contribution in [1.29, 1.82) is 0 Å². The Labute approximate surface area is 108 Å². The van der Waals surface area contributed by atoms with E-state index in [-0.39, 0.29) is 19.0 Å². The first-order valence-corrected chi connectivity index (χ1v) is 5.82. The Morgan fingerprint density at radius 3 is 2.50 bits per heavy atom. The summed E-state index contributed by atoms with van der Waals surface area (Å²) >= 11 is 0. The van der Waals surface area contributed by atoms with Gasteiger partial charge in [-0.25, -0.2) is 4.79 Å². The summed E-state index contributed by atoms with van der Waals surface area (Å²) in [6.45, 7) is 8.69. The van der Waals surface area contributed by atoms with Crippen LogP contribution in [0.3, 0.4) is 0 Å². The number of carboxylic acids is 1. The molecule has 6 nitrogen and oxygen atoms in total. The monoisotopic (exact) mass is 258 g/mol. The molecule has 0 heterocycles. The first kappa shape index (κ1) is 16.4. The Kier molecular flexibility index (Phi) is 7.78. The van der Waals surface area contributed by atoms with Gasteiger partial charge in [-0.05, 0) is 13.8 Å². The van der Waals surface area contributed by atoms with Gasteiger partial charge in [0, 0.05) is 26.7 Å². The number of aliphatic carboxylic acids is 1. The Hall–Kier alpha value is -1.56. The minimum Gasteiger partial charge on any atom is -0.481 e. The van der Waals surface area contributed by atoms with Crippen molar-refractivity contribution in [2.75, 3.05) is 26.7 Å². The number of rotatable bonds is 8. The number of carboxylic acid groups (broad SMARTS) is 1. The molecule has 18 heavy (non-hydrogen) atoms. The third-order valence-electron chi connectivity index (χ3n) is 2.35. The lowest BCUT2D eigenvalue weighted by molar-refractivity contribution is -0.139. The van der Waals surface area contributed by atoms with Crippen molar-refractivity contribution in [2.24, 2.45) is 0 Å². The molecule has 0 radical (unpaired) electrons. The lowest BCUT2D eigenvalue weighted by Crippen LogP contribution is -2.44. The number of ether oxygens (including phenoxy) is 1. The molecule has 0 aromatic heterocycles. The first-order chi connectivity index (χ1) is 8.40. The number of nitrogens with zero attached hydrogens (tertiary/aromatic N) is 1. The van der Waals surface area contributed by atoms with Gasteiger partial charge in [0.15, 0.2) is 0 Å². The molecule has 0 aliphatic carbocycles. The third-order valence-corrected chi connectivity index (χ3v) is 2.35. The maximum Gasteiger partial charge on any atom is 0.317 e. The zero-order chi connectivity index (χ0) is 14.1. The van der Waals surface area contributed by atoms with Crippen molar-refractivity contribution in [2.45, 2.75) is 26.4 Å². The zero-order valence-corrected chi connectivity index (χ0v) is 11.2. The van der Waals surface area contributed by atoms with Gasteiger partial charge in [0.2, 0.25) is 0 Å². The fourth-order valence-electron chi connectivity index (χ4n) is 1.40. The molecule has 0 spiro atoms. The predicted molar refractivity (Wildman–Crippen MR) is 68.5 cm³/mol. The van der Waals surface area contributed by atoms with Gasteiger partial charge in [-0.1, -0.05) is 12.2 Å². The largest absolute Gasteiger partial charge is 0.481 e. The number of nitrogens with one attached hydrogen (secondary N) is 1. The average Bonchev–Trinajstić information content (AvgIpc) is 2.30. The highest BCUT2D eigenvalue weighted by Gasteiger charge is 2.16. The molecule has 2 amide bonds. The number of methoxy groups -OCH3 is 1. The molecule has 104 valence electrons. The first-order valence-electron chi connectivity index (χ1n) is 5.82. The third kappa shape index (κ3) is 6.90. The maximum atomic E-state index is 11.8. The van der Waals surface area contributed by atoms with Gasteiger partial charge >= 0.3 is 12.0 Å². The zero-order valence-electron chi connectivity index (χ0n) is 11.2. The van der Waals surface area contributed by atoms with Gasteiger partial charge in [-0.3, -0.25) is 4.79 Å². The number of amides is 2. The van der Waals surface area contributed by atoms with Gasteiger partial charge < -0.3 is 20.1 Å². The van der Waals surface area contributed by atoms with E-state index in [9.17, 15) is 9.59 Å². The summed E-state index contributed by atoms with van der Waals surface area (Å²) in [5.74, 6) is -0.953. The Morgan fingerprint density at radius 1 is 1.50 bits per heavy atom. The van der Waals surface area contributed by atoms with Crippen LogP contribution in [-0.2, 0) is 9.53 Å². The maximum absolute atomic E-state index is 11.8. The van der Waals surface area contributed by atoms with Crippen LogP contribution in [-0.4, -0.2) is 54.9 Å². The summed E-state index contributed by atoms with van der Waals surface area (Å²) < 4.78 is 4.97. The van der Waals surface area contributed by atoms with E-state index in [1.807, 2.05) is 13.8 Å². The van der Waals surface area contributed by atoms with E-state index in [4.69, 9.17) is 9.84 Å². The molecule has 0 aromatic rings. The van der Waals surface area contributed by atoms with Crippen LogP contribution in [0.1, 0.15) is 20.3 Å². The molecule has 0 aliphatic heterocycles. The van der Waals surface area contributed by atoms with Crippen LogP contribution in [0.15, 0.2) is 12.2 Å². The number of likely N-dealkylation sites (N-methyl/N-ethyl adjacent to an activating group) is 1. The molecule has 2 N–H and O–H groups in total. The summed E-state index contributed by atoms with van der Waals surface area (Å²) in [7, 11) is 1.42. The van der Waals surface area contributed by atoms with Crippen molar-refractivity contribution in [1.82, 2.24) is 10.2 Å². The fraction of sp³-hybridized carbons (Fsp3) is 0.667. The summed E-state index contributed by atoms with van der Waals surface area (Å²) in [6, 6.07) is -0.243. The van der Waals surface area contributed by atoms with E-state index in [2.05, 4.69) is 11.9 Å². The van der Waals surface area contributed by atoms with E-state index in [0.29, 0.717) is 13.1 Å². The minimum atomic E-state index is -0.953. The normalized spacial score (nSPS) is 11.7. The van der Waals surface area contributed by atoms with Gasteiger partial charge in [0.05, 0.1) is 12.5 Å². The molecule has 0 bridgehead atoms. The minimum absolute atomic E-state index is 0.136. The van der Waals surface area contributed by atoms with E-state index >= 15 is 0 Å². The molecular weight excluding hydrogens is 236 g/mol. The molecular formula is C12H22N2O4. The number of urea groups is 1. The predicted octanol–water partition coefficient (Wildman–Crippen LogP) is 1.08. The Bertz CT molecular complexity index is 304. The second kappa shape index (κ2) is 8.52. The van der Waals surface area contributed by atoms with Crippen molar-refractivity contribution in [3.8, 4) is 0 Å².